The highest BCUT2D eigenvalue weighted by Crippen LogP contribution is 2.44. The van der Waals surface area contributed by atoms with E-state index in [1.165, 1.54) is 14.2 Å². The van der Waals surface area contributed by atoms with Gasteiger partial charge in [0.15, 0.2) is 0 Å². The highest BCUT2D eigenvalue weighted by molar-refractivity contribution is 5.77. The predicted octanol–water partition coefficient (Wildman–Crippen LogP) is 2.17. The number of aliphatic hydroxyl groups excluding tert-OH is 2. The summed E-state index contributed by atoms with van der Waals surface area (Å²) in [7, 11) is 3.07. The molecule has 186 valence electrons. The van der Waals surface area contributed by atoms with Crippen LogP contribution in [-0.4, -0.2) is 74.0 Å². The predicted molar refractivity (Wildman–Crippen MR) is 120 cm³/mol. The molecule has 1 aliphatic heterocycles. The molecule has 2 aliphatic carbocycles. The zero-order valence-corrected chi connectivity index (χ0v) is 20.1. The Morgan fingerprint density at radius 2 is 1.88 bits per heavy atom. The number of carbonyl (C=O) groups is 2. The number of ether oxygens (including phenoxy) is 4. The minimum Gasteiger partial charge on any atom is -0.462 e. The minimum atomic E-state index is -0.951. The quantitative estimate of drug-likeness (QED) is 0.498. The number of carbonyl (C=O) groups excluding carboxylic acids is 2. The summed E-state index contributed by atoms with van der Waals surface area (Å²) in [4.78, 5) is 24.9. The second-order valence-electron chi connectivity index (χ2n) is 10.0. The Morgan fingerprint density at radius 3 is 2.52 bits per heavy atom. The molecule has 0 saturated carbocycles. The maximum atomic E-state index is 13.2. The lowest BCUT2D eigenvalue weighted by Gasteiger charge is -2.43. The van der Waals surface area contributed by atoms with Crippen molar-refractivity contribution in [2.24, 2.45) is 23.2 Å². The van der Waals surface area contributed by atoms with E-state index in [9.17, 15) is 19.8 Å². The van der Waals surface area contributed by atoms with E-state index in [2.05, 4.69) is 13.0 Å². The number of allylic oxidation sites excluding steroid dienone is 2. The fourth-order valence-electron chi connectivity index (χ4n) is 5.48. The van der Waals surface area contributed by atoms with Crippen LogP contribution in [0.1, 0.15) is 46.0 Å². The van der Waals surface area contributed by atoms with E-state index in [0.717, 1.165) is 12.0 Å². The Balaban J connectivity index is 1.77. The van der Waals surface area contributed by atoms with Gasteiger partial charge in [0, 0.05) is 33.0 Å². The van der Waals surface area contributed by atoms with Gasteiger partial charge in [0.2, 0.25) is 0 Å². The molecule has 0 aromatic rings. The Morgan fingerprint density at radius 1 is 1.18 bits per heavy atom. The summed E-state index contributed by atoms with van der Waals surface area (Å²) in [5.41, 5.74) is 0.0175. The first-order valence-corrected chi connectivity index (χ1v) is 11.8. The smallest absolute Gasteiger partial charge is 0.316 e. The number of hydrogen-bond donors (Lipinski definition) is 2. The average molecular weight is 467 g/mol. The highest BCUT2D eigenvalue weighted by Gasteiger charge is 2.45. The number of hydrogen-bond acceptors (Lipinski definition) is 8. The molecule has 1 saturated heterocycles. The molecule has 0 aromatic heterocycles. The van der Waals surface area contributed by atoms with Gasteiger partial charge in [-0.25, -0.2) is 0 Å². The summed E-state index contributed by atoms with van der Waals surface area (Å²) >= 11 is 0. The number of cyclic esters (lactones) is 1. The van der Waals surface area contributed by atoms with Crippen LogP contribution in [0.5, 0.6) is 0 Å². The molecule has 0 amide bonds. The third-order valence-corrected chi connectivity index (χ3v) is 7.11. The van der Waals surface area contributed by atoms with Crippen molar-refractivity contribution in [2.45, 2.75) is 70.4 Å². The van der Waals surface area contributed by atoms with Crippen molar-refractivity contribution in [1.29, 1.82) is 0 Å². The third kappa shape index (κ3) is 6.23. The first-order valence-electron chi connectivity index (χ1n) is 11.8. The van der Waals surface area contributed by atoms with Gasteiger partial charge in [0.05, 0.1) is 31.8 Å². The second kappa shape index (κ2) is 11.1. The van der Waals surface area contributed by atoms with Crippen LogP contribution in [-0.2, 0) is 28.5 Å². The molecule has 7 atom stereocenters. The Hall–Kier alpha value is -1.74. The van der Waals surface area contributed by atoms with Crippen molar-refractivity contribution in [3.8, 4) is 0 Å². The van der Waals surface area contributed by atoms with Gasteiger partial charge in [0.25, 0.3) is 0 Å². The van der Waals surface area contributed by atoms with Gasteiger partial charge < -0.3 is 29.2 Å². The minimum absolute atomic E-state index is 0.0478. The lowest BCUT2D eigenvalue weighted by Crippen LogP contribution is -2.46. The van der Waals surface area contributed by atoms with E-state index in [0.29, 0.717) is 19.3 Å². The van der Waals surface area contributed by atoms with Crippen LogP contribution in [0.2, 0.25) is 0 Å². The van der Waals surface area contributed by atoms with Gasteiger partial charge in [-0.1, -0.05) is 25.2 Å². The molecule has 5 unspecified atom stereocenters. The lowest BCUT2D eigenvalue weighted by atomic mass is 9.66. The van der Waals surface area contributed by atoms with Crippen LogP contribution in [0, 0.1) is 23.2 Å². The zero-order chi connectivity index (χ0) is 24.2. The summed E-state index contributed by atoms with van der Waals surface area (Å²) in [6.45, 7) is 4.21. The topological polar surface area (TPSA) is 112 Å². The molecule has 0 bridgehead atoms. The van der Waals surface area contributed by atoms with Crippen molar-refractivity contribution in [3.63, 3.8) is 0 Å². The first kappa shape index (κ1) is 25.9. The zero-order valence-electron chi connectivity index (χ0n) is 20.1. The van der Waals surface area contributed by atoms with E-state index in [4.69, 9.17) is 18.9 Å². The van der Waals surface area contributed by atoms with Crippen LogP contribution in [0.4, 0.5) is 0 Å². The van der Waals surface area contributed by atoms with Crippen molar-refractivity contribution < 1.29 is 38.7 Å². The van der Waals surface area contributed by atoms with Crippen molar-refractivity contribution >= 4 is 11.9 Å². The Labute approximate surface area is 195 Å². The van der Waals surface area contributed by atoms with Crippen LogP contribution in [0.3, 0.4) is 0 Å². The molecule has 0 aromatic carbocycles. The molecule has 1 heterocycles. The summed E-state index contributed by atoms with van der Waals surface area (Å²) in [6, 6.07) is 0. The first-order chi connectivity index (χ1) is 15.7. The molecular formula is C25H38O8. The van der Waals surface area contributed by atoms with Crippen molar-refractivity contribution in [3.05, 3.63) is 23.8 Å². The SMILES string of the molecule is COCC(C)(COC)C(=O)OC1CC(O)C=C2C=CC(C)C(CC[C@@H]3C[C@@H](O)CC(=O)O3)C21. The van der Waals surface area contributed by atoms with Crippen LogP contribution >= 0.6 is 0 Å². The molecule has 1 fully saturated rings. The van der Waals surface area contributed by atoms with Gasteiger partial charge in [-0.3, -0.25) is 9.59 Å². The van der Waals surface area contributed by atoms with Gasteiger partial charge in [-0.2, -0.15) is 0 Å². The Kier molecular flexibility index (Phi) is 8.72. The largest absolute Gasteiger partial charge is 0.462 e. The fraction of sp³-hybridized carbons (Fsp3) is 0.760. The summed E-state index contributed by atoms with van der Waals surface area (Å²) < 4.78 is 22.0. The molecule has 33 heavy (non-hydrogen) atoms. The molecule has 3 rings (SSSR count). The van der Waals surface area contributed by atoms with Gasteiger partial charge >= 0.3 is 11.9 Å². The maximum Gasteiger partial charge on any atom is 0.316 e. The average Bonchev–Trinajstić information content (AvgIpc) is 2.72. The molecule has 0 spiro atoms. The van der Waals surface area contributed by atoms with Crippen LogP contribution < -0.4 is 0 Å². The third-order valence-electron chi connectivity index (χ3n) is 7.11. The molecule has 2 N–H and O–H groups in total. The van der Waals surface area contributed by atoms with E-state index >= 15 is 0 Å². The highest BCUT2D eigenvalue weighted by atomic mass is 16.6. The standard InChI is InChI=1S/C25H38O8/c1-15-5-6-16-9-17(26)11-21(33-24(29)25(2,13-30-3)14-31-4)23(16)20(15)8-7-19-10-18(27)12-22(28)32-19/h5-6,9,15,17-21,23,26-27H,7-8,10-14H2,1-4H3/t15?,17?,18-,19-,20?,21?,23?/m1/s1. The van der Waals surface area contributed by atoms with E-state index in [-0.39, 0.29) is 49.5 Å². The monoisotopic (exact) mass is 466 g/mol. The van der Waals surface area contributed by atoms with Crippen molar-refractivity contribution in [1.82, 2.24) is 0 Å². The molecule has 8 nitrogen and oxygen atoms in total. The normalized spacial score (nSPS) is 34.3. The van der Waals surface area contributed by atoms with Gasteiger partial charge in [-0.05, 0) is 37.2 Å². The molecule has 3 aliphatic rings. The summed E-state index contributed by atoms with van der Waals surface area (Å²) in [6.07, 6.45) is 6.01. The number of methoxy groups -OCH3 is 2. The number of rotatable bonds is 9. The molecule has 0 radical (unpaired) electrons. The Bertz CT molecular complexity index is 754. The second-order valence-corrected chi connectivity index (χ2v) is 10.0. The summed E-state index contributed by atoms with van der Waals surface area (Å²) in [5, 5.41) is 20.4. The molecule has 8 heteroatoms. The lowest BCUT2D eigenvalue weighted by molar-refractivity contribution is -0.173. The van der Waals surface area contributed by atoms with Crippen molar-refractivity contribution in [2.75, 3.05) is 27.4 Å². The summed E-state index contributed by atoms with van der Waals surface area (Å²) in [5.74, 6) is -0.484. The number of esters is 2. The maximum absolute atomic E-state index is 13.2. The van der Waals surface area contributed by atoms with Gasteiger partial charge in [0.1, 0.15) is 17.6 Å². The number of aliphatic hydroxyl groups is 2. The van der Waals surface area contributed by atoms with Gasteiger partial charge in [-0.15, -0.1) is 0 Å². The molecular weight excluding hydrogens is 428 g/mol. The number of fused-ring (bicyclic) bond motifs is 1. The van der Waals surface area contributed by atoms with Crippen LogP contribution in [0.15, 0.2) is 23.8 Å². The van der Waals surface area contributed by atoms with Crippen LogP contribution in [0.25, 0.3) is 0 Å². The van der Waals surface area contributed by atoms with E-state index in [1.807, 2.05) is 12.2 Å². The van der Waals surface area contributed by atoms with E-state index < -0.39 is 29.7 Å². The van der Waals surface area contributed by atoms with E-state index in [1.54, 1.807) is 6.92 Å². The fourth-order valence-corrected chi connectivity index (χ4v) is 5.48.